The maximum Gasteiger partial charge on any atom is 0.0561 e. The fraction of sp³-hybridized carbons (Fsp3) is 0.500. The minimum absolute atomic E-state index is 0.235. The molecule has 1 heterocycles. The van der Waals surface area contributed by atoms with Crippen LogP contribution in [0.3, 0.4) is 0 Å². The van der Waals surface area contributed by atoms with Gasteiger partial charge < -0.3 is 5.32 Å². The van der Waals surface area contributed by atoms with E-state index in [1.165, 1.54) is 5.56 Å². The second-order valence-corrected chi connectivity index (χ2v) is 3.28. The molecule has 0 radical (unpaired) electrons. The summed E-state index contributed by atoms with van der Waals surface area (Å²) in [7, 11) is 1.92. The first-order chi connectivity index (χ1) is 6.15. The van der Waals surface area contributed by atoms with E-state index in [-0.39, 0.29) is 6.04 Å². The Morgan fingerprint density at radius 1 is 1.77 bits per heavy atom. The van der Waals surface area contributed by atoms with E-state index in [4.69, 9.17) is 0 Å². The topological polar surface area (TPSA) is 29.9 Å². The highest BCUT2D eigenvalue weighted by Gasteiger charge is 2.11. The van der Waals surface area contributed by atoms with Crippen LogP contribution in [0.4, 0.5) is 0 Å². The summed E-state index contributed by atoms with van der Waals surface area (Å²) in [6.07, 6.45) is 3.89. The number of aromatic nitrogens is 2. The minimum Gasteiger partial charge on any atom is -0.307 e. The zero-order chi connectivity index (χ0) is 9.84. The van der Waals surface area contributed by atoms with Crippen molar-refractivity contribution in [2.24, 2.45) is 7.05 Å². The van der Waals surface area contributed by atoms with Crippen molar-refractivity contribution in [3.63, 3.8) is 0 Å². The molecule has 3 heteroatoms. The van der Waals surface area contributed by atoms with E-state index >= 15 is 0 Å². The fourth-order valence-corrected chi connectivity index (χ4v) is 1.37. The Hall–Kier alpha value is -1.09. The molecule has 72 valence electrons. The van der Waals surface area contributed by atoms with Crippen molar-refractivity contribution in [2.75, 3.05) is 6.54 Å². The number of aryl methyl sites for hydroxylation is 1. The van der Waals surface area contributed by atoms with Crippen molar-refractivity contribution < 1.29 is 0 Å². The Kier molecular flexibility index (Phi) is 3.25. The fourth-order valence-electron chi connectivity index (χ4n) is 1.37. The van der Waals surface area contributed by atoms with Crippen molar-refractivity contribution in [2.45, 2.75) is 19.9 Å². The third-order valence-corrected chi connectivity index (χ3v) is 1.96. The summed E-state index contributed by atoms with van der Waals surface area (Å²) in [5, 5.41) is 7.50. The lowest BCUT2D eigenvalue weighted by Crippen LogP contribution is -2.21. The van der Waals surface area contributed by atoms with Gasteiger partial charge in [0.25, 0.3) is 0 Å². The van der Waals surface area contributed by atoms with Gasteiger partial charge in [-0.2, -0.15) is 5.10 Å². The lowest BCUT2D eigenvalue weighted by atomic mass is 10.1. The summed E-state index contributed by atoms with van der Waals surface area (Å²) >= 11 is 0. The molecule has 13 heavy (non-hydrogen) atoms. The first-order valence-electron chi connectivity index (χ1n) is 4.52. The zero-order valence-electron chi connectivity index (χ0n) is 8.54. The average molecular weight is 179 g/mol. The number of rotatable bonds is 4. The van der Waals surface area contributed by atoms with Crippen molar-refractivity contribution in [1.82, 2.24) is 15.1 Å². The van der Waals surface area contributed by atoms with Crippen LogP contribution in [0.2, 0.25) is 0 Å². The standard InChI is InChI=1S/C10H17N3/c1-5-11-10(8(2)3)9-6-12-13(4)7-9/h6-7,10-11H,2,5H2,1,3-4H3. The summed E-state index contributed by atoms with van der Waals surface area (Å²) < 4.78 is 1.81. The Labute approximate surface area is 79.5 Å². The van der Waals surface area contributed by atoms with Gasteiger partial charge in [-0.3, -0.25) is 4.68 Å². The third-order valence-electron chi connectivity index (χ3n) is 1.96. The summed E-state index contributed by atoms with van der Waals surface area (Å²) in [5.41, 5.74) is 2.30. The maximum atomic E-state index is 4.14. The van der Waals surface area contributed by atoms with Crippen molar-refractivity contribution in [1.29, 1.82) is 0 Å². The molecule has 0 aromatic carbocycles. The SMILES string of the molecule is C=C(C)C(NCC)c1cnn(C)c1. The molecule has 3 nitrogen and oxygen atoms in total. The van der Waals surface area contributed by atoms with Crippen LogP contribution in [-0.2, 0) is 7.05 Å². The molecule has 0 bridgehead atoms. The predicted octanol–water partition coefficient (Wildman–Crippen LogP) is 1.65. The smallest absolute Gasteiger partial charge is 0.0561 e. The molecule has 0 aliphatic carbocycles. The van der Waals surface area contributed by atoms with Crippen LogP contribution in [0.5, 0.6) is 0 Å². The zero-order valence-corrected chi connectivity index (χ0v) is 8.54. The molecule has 1 N–H and O–H groups in total. The second kappa shape index (κ2) is 4.23. The van der Waals surface area contributed by atoms with Crippen LogP contribution in [0.25, 0.3) is 0 Å². The summed E-state index contributed by atoms with van der Waals surface area (Å²) in [6, 6.07) is 0.235. The number of nitrogens with zero attached hydrogens (tertiary/aromatic N) is 2. The molecule has 1 unspecified atom stereocenters. The normalized spacial score (nSPS) is 12.8. The largest absolute Gasteiger partial charge is 0.307 e. The van der Waals surface area contributed by atoms with Crippen LogP contribution in [0.1, 0.15) is 25.5 Å². The van der Waals surface area contributed by atoms with Gasteiger partial charge in [-0.05, 0) is 13.5 Å². The van der Waals surface area contributed by atoms with E-state index < -0.39 is 0 Å². The van der Waals surface area contributed by atoms with Gasteiger partial charge in [0.15, 0.2) is 0 Å². The highest BCUT2D eigenvalue weighted by Crippen LogP contribution is 2.18. The molecule has 0 spiro atoms. The van der Waals surface area contributed by atoms with Crippen LogP contribution < -0.4 is 5.32 Å². The molecule has 0 saturated heterocycles. The number of hydrogen-bond donors (Lipinski definition) is 1. The van der Waals surface area contributed by atoms with E-state index in [2.05, 4.69) is 23.9 Å². The van der Waals surface area contributed by atoms with E-state index in [0.717, 1.165) is 12.1 Å². The Morgan fingerprint density at radius 3 is 2.85 bits per heavy atom. The Bertz CT molecular complexity index is 288. The molecule has 1 rings (SSSR count). The summed E-state index contributed by atoms with van der Waals surface area (Å²) in [4.78, 5) is 0. The predicted molar refractivity (Wildman–Crippen MR) is 54.4 cm³/mol. The summed E-state index contributed by atoms with van der Waals surface area (Å²) in [6.45, 7) is 9.01. The quantitative estimate of drug-likeness (QED) is 0.712. The van der Waals surface area contributed by atoms with Crippen LogP contribution in [0, 0.1) is 0 Å². The molecular formula is C10H17N3. The van der Waals surface area contributed by atoms with Gasteiger partial charge >= 0.3 is 0 Å². The lowest BCUT2D eigenvalue weighted by molar-refractivity contribution is 0.620. The van der Waals surface area contributed by atoms with Crippen molar-refractivity contribution >= 4 is 0 Å². The first-order valence-corrected chi connectivity index (χ1v) is 4.52. The lowest BCUT2D eigenvalue weighted by Gasteiger charge is -2.15. The van der Waals surface area contributed by atoms with E-state index in [1.807, 2.05) is 31.0 Å². The Balaban J connectivity index is 2.81. The maximum absolute atomic E-state index is 4.14. The van der Waals surface area contributed by atoms with Gasteiger partial charge in [-0.25, -0.2) is 0 Å². The van der Waals surface area contributed by atoms with Gasteiger partial charge in [0.1, 0.15) is 0 Å². The Morgan fingerprint density at radius 2 is 2.46 bits per heavy atom. The van der Waals surface area contributed by atoms with E-state index in [0.29, 0.717) is 0 Å². The van der Waals surface area contributed by atoms with Gasteiger partial charge in [-0.1, -0.05) is 19.1 Å². The third kappa shape index (κ3) is 2.42. The van der Waals surface area contributed by atoms with Gasteiger partial charge in [-0.15, -0.1) is 0 Å². The van der Waals surface area contributed by atoms with E-state index in [9.17, 15) is 0 Å². The summed E-state index contributed by atoms with van der Waals surface area (Å²) in [5.74, 6) is 0. The van der Waals surface area contributed by atoms with Crippen LogP contribution >= 0.6 is 0 Å². The molecule has 0 amide bonds. The van der Waals surface area contributed by atoms with Crippen LogP contribution in [-0.4, -0.2) is 16.3 Å². The van der Waals surface area contributed by atoms with Gasteiger partial charge in [0.2, 0.25) is 0 Å². The van der Waals surface area contributed by atoms with Gasteiger partial charge in [0.05, 0.1) is 12.2 Å². The molecule has 0 fully saturated rings. The second-order valence-electron chi connectivity index (χ2n) is 3.28. The number of nitrogens with one attached hydrogen (secondary N) is 1. The highest BCUT2D eigenvalue weighted by molar-refractivity contribution is 5.20. The molecule has 1 aromatic heterocycles. The molecule has 0 saturated carbocycles. The van der Waals surface area contributed by atoms with Crippen molar-refractivity contribution in [3.8, 4) is 0 Å². The van der Waals surface area contributed by atoms with E-state index in [1.54, 1.807) is 0 Å². The molecule has 0 aliphatic heterocycles. The van der Waals surface area contributed by atoms with Gasteiger partial charge in [0, 0.05) is 18.8 Å². The first kappa shape index (κ1) is 9.99. The minimum atomic E-state index is 0.235. The monoisotopic (exact) mass is 179 g/mol. The molecule has 1 aromatic rings. The molecular weight excluding hydrogens is 162 g/mol. The number of likely N-dealkylation sites (N-methyl/N-ethyl adjacent to an activating group) is 1. The van der Waals surface area contributed by atoms with Crippen LogP contribution in [0.15, 0.2) is 24.5 Å². The average Bonchev–Trinajstić information content (AvgIpc) is 2.46. The molecule has 1 atom stereocenters. The molecule has 0 aliphatic rings. The number of hydrogen-bond acceptors (Lipinski definition) is 2. The van der Waals surface area contributed by atoms with Crippen molar-refractivity contribution in [3.05, 3.63) is 30.1 Å². The highest BCUT2D eigenvalue weighted by atomic mass is 15.2.